The van der Waals surface area contributed by atoms with Crippen LogP contribution < -0.4 is 0 Å². The maximum atomic E-state index is 13.5. The number of aliphatic hydroxyl groups is 1. The van der Waals surface area contributed by atoms with Gasteiger partial charge in [0, 0.05) is 12.0 Å². The Hall–Kier alpha value is -1.81. The van der Waals surface area contributed by atoms with Crippen LogP contribution in [0.15, 0.2) is 36.4 Å². The highest BCUT2D eigenvalue weighted by Crippen LogP contribution is 2.24. The van der Waals surface area contributed by atoms with Crippen LogP contribution in [0, 0.1) is 24.4 Å². The molecule has 100 valence electrons. The van der Waals surface area contributed by atoms with Gasteiger partial charge in [0.15, 0.2) is 0 Å². The molecular weight excluding hydrogens is 253 g/mol. The Morgan fingerprint density at radius 3 is 2.37 bits per heavy atom. The summed E-state index contributed by atoms with van der Waals surface area (Å²) >= 11 is 0. The van der Waals surface area contributed by atoms with Gasteiger partial charge in [-0.2, -0.15) is 0 Å². The molecule has 0 amide bonds. The zero-order chi connectivity index (χ0) is 14.0. The predicted octanol–water partition coefficient (Wildman–Crippen LogP) is 3.69. The van der Waals surface area contributed by atoms with Gasteiger partial charge in [-0.25, -0.2) is 13.2 Å². The number of aliphatic hydroxyl groups excluding tert-OH is 1. The molecule has 2 aromatic rings. The van der Waals surface area contributed by atoms with Crippen LogP contribution in [0.25, 0.3) is 0 Å². The molecule has 0 bridgehead atoms. The van der Waals surface area contributed by atoms with Crippen molar-refractivity contribution in [3.8, 4) is 0 Å². The molecule has 2 rings (SSSR count). The second-order valence-corrected chi connectivity index (χ2v) is 4.46. The maximum Gasteiger partial charge on any atom is 0.129 e. The van der Waals surface area contributed by atoms with E-state index in [1.165, 1.54) is 12.1 Å². The lowest BCUT2D eigenvalue weighted by Crippen LogP contribution is -2.06. The molecule has 0 saturated carbocycles. The lowest BCUT2D eigenvalue weighted by atomic mass is 9.97. The van der Waals surface area contributed by atoms with E-state index in [1.54, 1.807) is 13.0 Å². The van der Waals surface area contributed by atoms with Gasteiger partial charge in [-0.05, 0) is 48.4 Å². The fourth-order valence-corrected chi connectivity index (χ4v) is 1.95. The molecule has 0 heterocycles. The standard InChI is InChI=1S/C15H13F3O/c1-9-2-3-11(16)6-10(9)7-15(19)13-8-12(17)4-5-14(13)18/h2-6,8,15,19H,7H2,1H3. The van der Waals surface area contributed by atoms with Crippen molar-refractivity contribution in [1.82, 2.24) is 0 Å². The summed E-state index contributed by atoms with van der Waals surface area (Å²) in [5.41, 5.74) is 1.23. The molecule has 0 aromatic heterocycles. The van der Waals surface area contributed by atoms with Crippen molar-refractivity contribution in [2.24, 2.45) is 0 Å². The Bertz CT molecular complexity index is 596. The van der Waals surface area contributed by atoms with Gasteiger partial charge in [0.2, 0.25) is 0 Å². The van der Waals surface area contributed by atoms with Crippen molar-refractivity contribution in [3.05, 3.63) is 70.5 Å². The highest BCUT2D eigenvalue weighted by molar-refractivity contribution is 5.30. The van der Waals surface area contributed by atoms with Gasteiger partial charge in [-0.15, -0.1) is 0 Å². The van der Waals surface area contributed by atoms with E-state index in [4.69, 9.17) is 0 Å². The van der Waals surface area contributed by atoms with E-state index in [-0.39, 0.29) is 12.0 Å². The highest BCUT2D eigenvalue weighted by Gasteiger charge is 2.15. The molecule has 2 aromatic carbocycles. The quantitative estimate of drug-likeness (QED) is 0.898. The van der Waals surface area contributed by atoms with Gasteiger partial charge in [-0.1, -0.05) is 6.07 Å². The van der Waals surface area contributed by atoms with E-state index in [9.17, 15) is 18.3 Å². The van der Waals surface area contributed by atoms with Gasteiger partial charge in [0.05, 0.1) is 6.10 Å². The van der Waals surface area contributed by atoms with Gasteiger partial charge >= 0.3 is 0 Å². The minimum Gasteiger partial charge on any atom is -0.388 e. The molecule has 1 nitrogen and oxygen atoms in total. The van der Waals surface area contributed by atoms with Crippen molar-refractivity contribution < 1.29 is 18.3 Å². The molecule has 0 aliphatic heterocycles. The highest BCUT2D eigenvalue weighted by atomic mass is 19.1. The van der Waals surface area contributed by atoms with Crippen molar-refractivity contribution in [3.63, 3.8) is 0 Å². The third-order valence-electron chi connectivity index (χ3n) is 3.04. The predicted molar refractivity (Wildman–Crippen MR) is 66.2 cm³/mol. The lowest BCUT2D eigenvalue weighted by molar-refractivity contribution is 0.173. The second-order valence-electron chi connectivity index (χ2n) is 4.46. The molecule has 1 unspecified atom stereocenters. The first-order chi connectivity index (χ1) is 8.97. The molecule has 0 radical (unpaired) electrons. The van der Waals surface area contributed by atoms with Gasteiger partial charge in [0.1, 0.15) is 17.5 Å². The zero-order valence-corrected chi connectivity index (χ0v) is 10.3. The fraction of sp³-hybridized carbons (Fsp3) is 0.200. The van der Waals surface area contributed by atoms with Crippen LogP contribution in [0.2, 0.25) is 0 Å². The largest absolute Gasteiger partial charge is 0.388 e. The van der Waals surface area contributed by atoms with E-state index >= 15 is 0 Å². The molecule has 0 spiro atoms. The number of benzene rings is 2. The first-order valence-corrected chi connectivity index (χ1v) is 5.85. The summed E-state index contributed by atoms with van der Waals surface area (Å²) < 4.78 is 39.7. The van der Waals surface area contributed by atoms with Crippen LogP contribution in [0.3, 0.4) is 0 Å². The Kier molecular flexibility index (Phi) is 3.90. The van der Waals surface area contributed by atoms with E-state index < -0.39 is 23.6 Å². The van der Waals surface area contributed by atoms with E-state index in [1.807, 2.05) is 0 Å². The first-order valence-electron chi connectivity index (χ1n) is 5.85. The molecule has 4 heteroatoms. The van der Waals surface area contributed by atoms with Crippen molar-refractivity contribution >= 4 is 0 Å². The Morgan fingerprint density at radius 2 is 1.63 bits per heavy atom. The van der Waals surface area contributed by atoms with Crippen LogP contribution in [-0.2, 0) is 6.42 Å². The lowest BCUT2D eigenvalue weighted by Gasteiger charge is -2.14. The third kappa shape index (κ3) is 3.15. The van der Waals surface area contributed by atoms with Gasteiger partial charge < -0.3 is 5.11 Å². The molecule has 0 saturated heterocycles. The second kappa shape index (κ2) is 5.45. The van der Waals surface area contributed by atoms with Gasteiger partial charge in [0.25, 0.3) is 0 Å². The van der Waals surface area contributed by atoms with Crippen molar-refractivity contribution in [2.45, 2.75) is 19.4 Å². The molecular formula is C15H13F3O. The number of halogens is 3. The average molecular weight is 266 g/mol. The molecule has 1 atom stereocenters. The molecule has 1 N–H and O–H groups in total. The number of aryl methyl sites for hydroxylation is 1. The molecule has 0 fully saturated rings. The smallest absolute Gasteiger partial charge is 0.129 e. The average Bonchev–Trinajstić information content (AvgIpc) is 2.36. The van der Waals surface area contributed by atoms with Crippen LogP contribution in [-0.4, -0.2) is 5.11 Å². The van der Waals surface area contributed by atoms with E-state index in [2.05, 4.69) is 0 Å². The SMILES string of the molecule is Cc1ccc(F)cc1CC(O)c1cc(F)ccc1F. The number of hydrogen-bond donors (Lipinski definition) is 1. The number of hydrogen-bond acceptors (Lipinski definition) is 1. The first kappa shape index (κ1) is 13.6. The normalized spacial score (nSPS) is 12.5. The summed E-state index contributed by atoms with van der Waals surface area (Å²) in [6, 6.07) is 7.09. The van der Waals surface area contributed by atoms with E-state index in [0.717, 1.165) is 23.8 Å². The van der Waals surface area contributed by atoms with Crippen LogP contribution >= 0.6 is 0 Å². The van der Waals surface area contributed by atoms with Crippen LogP contribution in [0.4, 0.5) is 13.2 Å². The molecule has 0 aliphatic carbocycles. The summed E-state index contributed by atoms with van der Waals surface area (Å²) in [6.45, 7) is 1.77. The third-order valence-corrected chi connectivity index (χ3v) is 3.04. The zero-order valence-electron chi connectivity index (χ0n) is 10.3. The Labute approximate surface area is 109 Å². The monoisotopic (exact) mass is 266 g/mol. The summed E-state index contributed by atoms with van der Waals surface area (Å²) in [7, 11) is 0. The topological polar surface area (TPSA) is 20.2 Å². The summed E-state index contributed by atoms with van der Waals surface area (Å²) in [5.74, 6) is -1.72. The summed E-state index contributed by atoms with van der Waals surface area (Å²) in [4.78, 5) is 0. The Balaban J connectivity index is 2.27. The van der Waals surface area contributed by atoms with Crippen LogP contribution in [0.5, 0.6) is 0 Å². The van der Waals surface area contributed by atoms with Crippen molar-refractivity contribution in [1.29, 1.82) is 0 Å². The minimum atomic E-state index is -1.21. The van der Waals surface area contributed by atoms with E-state index in [0.29, 0.717) is 5.56 Å². The summed E-state index contributed by atoms with van der Waals surface area (Å²) in [5, 5.41) is 9.97. The van der Waals surface area contributed by atoms with Crippen molar-refractivity contribution in [2.75, 3.05) is 0 Å². The minimum absolute atomic E-state index is 0.0317. The van der Waals surface area contributed by atoms with Crippen LogP contribution in [0.1, 0.15) is 22.8 Å². The maximum absolute atomic E-state index is 13.5. The summed E-state index contributed by atoms with van der Waals surface area (Å²) in [6.07, 6.45) is -1.18. The van der Waals surface area contributed by atoms with Gasteiger partial charge in [-0.3, -0.25) is 0 Å². The number of rotatable bonds is 3. The Morgan fingerprint density at radius 1 is 1.00 bits per heavy atom. The molecule has 19 heavy (non-hydrogen) atoms. The molecule has 0 aliphatic rings. The fourth-order valence-electron chi connectivity index (χ4n) is 1.95.